The zero-order valence-corrected chi connectivity index (χ0v) is 17.0. The number of hydrogen-bond acceptors (Lipinski definition) is 3. The van der Waals surface area contributed by atoms with Gasteiger partial charge in [0, 0.05) is 31.0 Å². The van der Waals surface area contributed by atoms with Crippen molar-refractivity contribution >= 4 is 28.9 Å². The number of anilines is 1. The molecular formula is C21H21F2N3O2S. The molecule has 1 aliphatic heterocycles. The van der Waals surface area contributed by atoms with Crippen LogP contribution in [-0.2, 0) is 4.79 Å². The molecule has 1 amide bonds. The molecule has 1 heterocycles. The summed E-state index contributed by atoms with van der Waals surface area (Å²) in [5.41, 5.74) is 2.22. The van der Waals surface area contributed by atoms with Gasteiger partial charge in [-0.3, -0.25) is 9.69 Å². The summed E-state index contributed by atoms with van der Waals surface area (Å²) in [6, 6.07) is 15.1. The Hall–Kier alpha value is -3.00. The average molecular weight is 417 g/mol. The topological polar surface area (TPSA) is 44.8 Å². The number of nitrogens with zero attached hydrogens (tertiary/aromatic N) is 2. The van der Waals surface area contributed by atoms with E-state index in [1.54, 1.807) is 44.1 Å². The van der Waals surface area contributed by atoms with Crippen LogP contribution in [0.5, 0.6) is 5.75 Å². The molecule has 0 fully saturated rings. The number of hydrogen-bond donors (Lipinski definition) is 1. The number of allylic oxidation sites excluding steroid dienone is 1. The van der Waals surface area contributed by atoms with E-state index in [9.17, 15) is 13.6 Å². The van der Waals surface area contributed by atoms with Crippen LogP contribution in [-0.4, -0.2) is 36.6 Å². The van der Waals surface area contributed by atoms with Gasteiger partial charge in [-0.05, 0) is 37.3 Å². The van der Waals surface area contributed by atoms with Crippen LogP contribution in [0.2, 0.25) is 0 Å². The summed E-state index contributed by atoms with van der Waals surface area (Å²) in [6.45, 7) is -1.19. The molecule has 0 aliphatic carbocycles. The van der Waals surface area contributed by atoms with Crippen LogP contribution in [0.4, 0.5) is 14.5 Å². The van der Waals surface area contributed by atoms with E-state index >= 15 is 0 Å². The van der Waals surface area contributed by atoms with Crippen molar-refractivity contribution in [2.45, 2.75) is 19.6 Å². The van der Waals surface area contributed by atoms with Crippen molar-refractivity contribution in [3.05, 3.63) is 71.4 Å². The first-order valence-corrected chi connectivity index (χ1v) is 9.34. The molecule has 0 spiro atoms. The maximum atomic E-state index is 13.1. The normalized spacial score (nSPS) is 16.7. The number of halogens is 2. The SMILES string of the molecule is CC1=C(C(=O)N(C)C)[C@H](c2ccccc2OC(F)F)NC(=S)N1c1ccccc1. The minimum atomic E-state index is -2.98. The van der Waals surface area contributed by atoms with Gasteiger partial charge in [0.05, 0.1) is 11.6 Å². The van der Waals surface area contributed by atoms with Gasteiger partial charge in [-0.25, -0.2) is 0 Å². The van der Waals surface area contributed by atoms with Gasteiger partial charge in [-0.15, -0.1) is 0 Å². The second kappa shape index (κ2) is 8.57. The largest absolute Gasteiger partial charge is 0.434 e. The van der Waals surface area contributed by atoms with Crippen molar-refractivity contribution in [3.8, 4) is 5.75 Å². The van der Waals surface area contributed by atoms with E-state index in [0.29, 0.717) is 21.9 Å². The highest BCUT2D eigenvalue weighted by molar-refractivity contribution is 7.80. The van der Waals surface area contributed by atoms with Gasteiger partial charge in [-0.1, -0.05) is 36.4 Å². The Balaban J connectivity index is 2.17. The Morgan fingerprint density at radius 2 is 1.76 bits per heavy atom. The summed E-state index contributed by atoms with van der Waals surface area (Å²) in [4.78, 5) is 16.3. The maximum Gasteiger partial charge on any atom is 0.387 e. The Morgan fingerprint density at radius 1 is 1.14 bits per heavy atom. The van der Waals surface area contributed by atoms with Gasteiger partial charge in [0.2, 0.25) is 0 Å². The number of nitrogens with one attached hydrogen (secondary N) is 1. The van der Waals surface area contributed by atoms with Gasteiger partial charge in [0.1, 0.15) is 5.75 Å². The predicted molar refractivity (Wildman–Crippen MR) is 112 cm³/mol. The second-order valence-electron chi connectivity index (χ2n) is 6.67. The van der Waals surface area contributed by atoms with Crippen LogP contribution in [0.3, 0.4) is 0 Å². The zero-order chi connectivity index (χ0) is 21.1. The lowest BCUT2D eigenvalue weighted by Crippen LogP contribution is -2.49. The predicted octanol–water partition coefficient (Wildman–Crippen LogP) is 4.09. The molecule has 0 radical (unpaired) electrons. The molecule has 1 N–H and O–H groups in total. The second-order valence-corrected chi connectivity index (χ2v) is 7.06. The molecule has 0 saturated heterocycles. The molecule has 2 aromatic carbocycles. The number of thiocarbonyl (C=S) groups is 1. The first kappa shape index (κ1) is 20.7. The minimum Gasteiger partial charge on any atom is -0.434 e. The highest BCUT2D eigenvalue weighted by atomic mass is 32.1. The number of alkyl halides is 2. The van der Waals surface area contributed by atoms with Crippen molar-refractivity contribution in [2.75, 3.05) is 19.0 Å². The number of rotatable bonds is 5. The molecule has 2 aromatic rings. The van der Waals surface area contributed by atoms with Gasteiger partial charge in [0.25, 0.3) is 5.91 Å². The third-order valence-electron chi connectivity index (χ3n) is 4.58. The monoisotopic (exact) mass is 417 g/mol. The molecule has 3 rings (SSSR count). The Labute approximate surface area is 173 Å². The van der Waals surface area contributed by atoms with Gasteiger partial charge in [-0.2, -0.15) is 8.78 Å². The molecule has 0 bridgehead atoms. The summed E-state index contributed by atoms with van der Waals surface area (Å²) >= 11 is 5.57. The number of carbonyl (C=O) groups excluding carboxylic acids is 1. The molecule has 8 heteroatoms. The first-order chi connectivity index (χ1) is 13.8. The van der Waals surface area contributed by atoms with E-state index in [4.69, 9.17) is 17.0 Å². The molecule has 0 unspecified atom stereocenters. The molecule has 1 aliphatic rings. The van der Waals surface area contributed by atoms with Crippen LogP contribution in [0.25, 0.3) is 0 Å². The lowest BCUT2D eigenvalue weighted by Gasteiger charge is -2.38. The van der Waals surface area contributed by atoms with Gasteiger partial charge < -0.3 is 15.0 Å². The summed E-state index contributed by atoms with van der Waals surface area (Å²) in [5, 5.41) is 3.50. The number of amides is 1. The first-order valence-electron chi connectivity index (χ1n) is 8.93. The van der Waals surface area contributed by atoms with Crippen molar-refractivity contribution in [2.24, 2.45) is 0 Å². The van der Waals surface area contributed by atoms with Crippen molar-refractivity contribution in [1.82, 2.24) is 10.2 Å². The van der Waals surface area contributed by atoms with Crippen molar-refractivity contribution in [3.63, 3.8) is 0 Å². The third-order valence-corrected chi connectivity index (χ3v) is 4.88. The van der Waals surface area contributed by atoms with Crippen LogP contribution >= 0.6 is 12.2 Å². The quantitative estimate of drug-likeness (QED) is 0.743. The standard InChI is InChI=1S/C21H21F2N3O2S/c1-13-17(19(27)25(2)3)18(15-11-7-8-12-16(15)28-20(22)23)24-21(29)26(13)14-9-5-4-6-10-14/h4-12,18,20H,1-3H3,(H,24,29)/t18-/m0/s1. The molecule has 152 valence electrons. The van der Waals surface area contributed by atoms with E-state index in [2.05, 4.69) is 5.32 Å². The average Bonchev–Trinajstić information content (AvgIpc) is 2.68. The lowest BCUT2D eigenvalue weighted by atomic mass is 9.93. The maximum absolute atomic E-state index is 13.1. The molecule has 0 aromatic heterocycles. The Kier molecular flexibility index (Phi) is 6.12. The summed E-state index contributed by atoms with van der Waals surface area (Å²) in [5.74, 6) is -0.261. The highest BCUT2D eigenvalue weighted by Gasteiger charge is 2.36. The molecular weight excluding hydrogens is 396 g/mol. The summed E-state index contributed by atoms with van der Waals surface area (Å²) in [7, 11) is 3.28. The molecule has 0 saturated carbocycles. The molecule has 29 heavy (non-hydrogen) atoms. The van der Waals surface area contributed by atoms with E-state index in [0.717, 1.165) is 5.69 Å². The lowest BCUT2D eigenvalue weighted by molar-refractivity contribution is -0.125. The smallest absolute Gasteiger partial charge is 0.387 e. The Bertz CT molecular complexity index is 948. The van der Waals surface area contributed by atoms with Crippen LogP contribution in [0, 0.1) is 0 Å². The fourth-order valence-electron chi connectivity index (χ4n) is 3.30. The number of para-hydroxylation sites is 2. The number of likely N-dealkylation sites (N-methyl/N-ethyl adjacent to an activating group) is 1. The van der Waals surface area contributed by atoms with Crippen molar-refractivity contribution < 1.29 is 18.3 Å². The van der Waals surface area contributed by atoms with E-state index in [1.807, 2.05) is 30.3 Å². The third kappa shape index (κ3) is 4.22. The van der Waals surface area contributed by atoms with Crippen molar-refractivity contribution in [1.29, 1.82) is 0 Å². The van der Waals surface area contributed by atoms with E-state index < -0.39 is 12.7 Å². The summed E-state index contributed by atoms with van der Waals surface area (Å²) < 4.78 is 30.5. The minimum absolute atomic E-state index is 0.00665. The molecule has 1 atom stereocenters. The zero-order valence-electron chi connectivity index (χ0n) is 16.2. The fraction of sp³-hybridized carbons (Fsp3) is 0.238. The fourth-order valence-corrected chi connectivity index (χ4v) is 3.66. The van der Waals surface area contributed by atoms with Crippen LogP contribution in [0.15, 0.2) is 65.9 Å². The van der Waals surface area contributed by atoms with Crippen LogP contribution < -0.4 is 15.0 Å². The Morgan fingerprint density at radius 3 is 2.38 bits per heavy atom. The van der Waals surface area contributed by atoms with Gasteiger partial charge >= 0.3 is 6.61 Å². The molecule has 5 nitrogen and oxygen atoms in total. The number of carbonyl (C=O) groups is 1. The number of benzene rings is 2. The number of ether oxygens (including phenoxy) is 1. The highest BCUT2D eigenvalue weighted by Crippen LogP contribution is 2.38. The van der Waals surface area contributed by atoms with Gasteiger partial charge in [0.15, 0.2) is 5.11 Å². The summed E-state index contributed by atoms with van der Waals surface area (Å²) in [6.07, 6.45) is 0. The van der Waals surface area contributed by atoms with E-state index in [-0.39, 0.29) is 11.7 Å². The van der Waals surface area contributed by atoms with Crippen LogP contribution in [0.1, 0.15) is 18.5 Å². The van der Waals surface area contributed by atoms with E-state index in [1.165, 1.54) is 11.0 Å².